The highest BCUT2D eigenvalue weighted by Gasteiger charge is 2.14. The first-order valence-electron chi connectivity index (χ1n) is 7.31. The monoisotopic (exact) mass is 344 g/mol. The zero-order valence-corrected chi connectivity index (χ0v) is 13.4. The van der Waals surface area contributed by atoms with E-state index in [2.05, 4.69) is 5.32 Å². The Bertz CT molecular complexity index is 790. The number of non-ortho nitro benzene ring substituents is 1. The molecule has 0 aromatic heterocycles. The van der Waals surface area contributed by atoms with E-state index in [1.807, 2.05) is 6.07 Å². The Morgan fingerprint density at radius 2 is 1.92 bits per heavy atom. The smallest absolute Gasteiger partial charge is 0.338 e. The van der Waals surface area contributed by atoms with E-state index in [1.54, 1.807) is 25.3 Å². The lowest BCUT2D eigenvalue weighted by Crippen LogP contribution is -2.28. The van der Waals surface area contributed by atoms with Gasteiger partial charge in [0, 0.05) is 18.7 Å². The number of amides is 1. The van der Waals surface area contributed by atoms with Crippen LogP contribution in [0.3, 0.4) is 0 Å². The summed E-state index contributed by atoms with van der Waals surface area (Å²) < 4.78 is 9.95. The predicted molar refractivity (Wildman–Crippen MR) is 88.2 cm³/mol. The highest BCUT2D eigenvalue weighted by atomic mass is 16.6. The van der Waals surface area contributed by atoms with Crippen LogP contribution < -0.4 is 10.1 Å². The topological polar surface area (TPSA) is 108 Å². The van der Waals surface area contributed by atoms with Crippen molar-refractivity contribution in [1.82, 2.24) is 5.32 Å². The molecule has 25 heavy (non-hydrogen) atoms. The number of hydrogen-bond donors (Lipinski definition) is 1. The molecule has 0 unspecified atom stereocenters. The Labute approximate surface area is 143 Å². The van der Waals surface area contributed by atoms with Gasteiger partial charge >= 0.3 is 5.97 Å². The van der Waals surface area contributed by atoms with Gasteiger partial charge in [-0.2, -0.15) is 0 Å². The predicted octanol–water partition coefficient (Wildman–Crippen LogP) is 2.08. The lowest BCUT2D eigenvalue weighted by atomic mass is 10.2. The second kappa shape index (κ2) is 8.44. The first-order chi connectivity index (χ1) is 12.0. The molecule has 2 rings (SSSR count). The number of hydrogen-bond acceptors (Lipinski definition) is 6. The summed E-state index contributed by atoms with van der Waals surface area (Å²) in [5.41, 5.74) is 0.615. The van der Waals surface area contributed by atoms with E-state index in [9.17, 15) is 19.7 Å². The minimum absolute atomic E-state index is 0.00907. The normalized spacial score (nSPS) is 9.96. The van der Waals surface area contributed by atoms with Crippen molar-refractivity contribution in [2.75, 3.05) is 13.7 Å². The van der Waals surface area contributed by atoms with Gasteiger partial charge in [0.2, 0.25) is 0 Å². The maximum atomic E-state index is 11.8. The summed E-state index contributed by atoms with van der Waals surface area (Å²) in [5.74, 6) is -0.620. The fourth-order valence-electron chi connectivity index (χ4n) is 1.99. The fraction of sp³-hybridized carbons (Fsp3) is 0.176. The molecule has 2 aromatic rings. The number of ether oxygens (including phenoxy) is 2. The van der Waals surface area contributed by atoms with Crippen molar-refractivity contribution in [1.29, 1.82) is 0 Å². The van der Waals surface area contributed by atoms with Gasteiger partial charge in [-0.05, 0) is 23.8 Å². The molecule has 0 aliphatic heterocycles. The second-order valence-corrected chi connectivity index (χ2v) is 5.01. The number of methoxy groups -OCH3 is 1. The standard InChI is InChI=1S/C17H16N2O6/c1-24-15-7-2-4-12(8-15)10-18-16(20)11-25-17(21)13-5-3-6-14(9-13)19(22)23/h2-9H,10-11H2,1H3,(H,18,20). The number of nitrogens with one attached hydrogen (secondary N) is 1. The zero-order chi connectivity index (χ0) is 18.2. The van der Waals surface area contributed by atoms with E-state index in [1.165, 1.54) is 18.2 Å². The first-order valence-corrected chi connectivity index (χ1v) is 7.31. The third-order valence-electron chi connectivity index (χ3n) is 3.25. The van der Waals surface area contributed by atoms with Crippen LogP contribution in [-0.4, -0.2) is 30.5 Å². The van der Waals surface area contributed by atoms with Crippen molar-refractivity contribution in [2.24, 2.45) is 0 Å². The maximum absolute atomic E-state index is 11.8. The van der Waals surface area contributed by atoms with Gasteiger partial charge in [0.15, 0.2) is 6.61 Å². The largest absolute Gasteiger partial charge is 0.497 e. The molecule has 0 heterocycles. The molecule has 1 N–H and O–H groups in total. The molecule has 1 amide bonds. The highest BCUT2D eigenvalue weighted by Crippen LogP contribution is 2.14. The summed E-state index contributed by atoms with van der Waals surface area (Å²) in [7, 11) is 1.55. The maximum Gasteiger partial charge on any atom is 0.338 e. The Kier molecular flexibility index (Phi) is 6.05. The summed E-state index contributed by atoms with van der Waals surface area (Å²) in [5, 5.41) is 13.3. The third-order valence-corrected chi connectivity index (χ3v) is 3.25. The number of carbonyl (C=O) groups is 2. The molecule has 8 heteroatoms. The molecule has 0 aliphatic carbocycles. The summed E-state index contributed by atoms with van der Waals surface area (Å²) in [6.45, 7) is -0.226. The molecule has 0 spiro atoms. The quantitative estimate of drug-likeness (QED) is 0.468. The Balaban J connectivity index is 1.84. The van der Waals surface area contributed by atoms with Gasteiger partial charge in [-0.25, -0.2) is 4.79 Å². The van der Waals surface area contributed by atoms with Crippen LogP contribution in [0.2, 0.25) is 0 Å². The van der Waals surface area contributed by atoms with Crippen LogP contribution in [0.5, 0.6) is 5.75 Å². The van der Waals surface area contributed by atoms with Crippen LogP contribution in [-0.2, 0) is 16.1 Å². The van der Waals surface area contributed by atoms with Gasteiger partial charge in [-0.15, -0.1) is 0 Å². The van der Waals surface area contributed by atoms with E-state index >= 15 is 0 Å². The lowest BCUT2D eigenvalue weighted by molar-refractivity contribution is -0.384. The number of carbonyl (C=O) groups excluding carboxylic acids is 2. The number of esters is 1. The Hall–Kier alpha value is -3.42. The van der Waals surface area contributed by atoms with Crippen molar-refractivity contribution in [2.45, 2.75) is 6.54 Å². The summed E-state index contributed by atoms with van der Waals surface area (Å²) in [6.07, 6.45) is 0. The van der Waals surface area contributed by atoms with Crippen LogP contribution in [0.1, 0.15) is 15.9 Å². The number of nitro groups is 1. The van der Waals surface area contributed by atoms with Crippen LogP contribution in [0.25, 0.3) is 0 Å². The van der Waals surface area contributed by atoms with Crippen molar-refractivity contribution in [3.63, 3.8) is 0 Å². The molecule has 0 saturated carbocycles. The van der Waals surface area contributed by atoms with Crippen LogP contribution in [0.4, 0.5) is 5.69 Å². The van der Waals surface area contributed by atoms with Crippen molar-refractivity contribution in [3.8, 4) is 5.75 Å². The summed E-state index contributed by atoms with van der Waals surface area (Å²) in [6, 6.07) is 12.3. The molecule has 130 valence electrons. The Morgan fingerprint density at radius 3 is 2.64 bits per heavy atom. The van der Waals surface area contributed by atoms with E-state index in [0.717, 1.165) is 11.6 Å². The van der Waals surface area contributed by atoms with E-state index in [-0.39, 0.29) is 17.8 Å². The molecule has 0 saturated heterocycles. The van der Waals surface area contributed by atoms with Gasteiger partial charge < -0.3 is 14.8 Å². The van der Waals surface area contributed by atoms with Gasteiger partial charge in [0.1, 0.15) is 5.75 Å². The molecular weight excluding hydrogens is 328 g/mol. The number of rotatable bonds is 7. The molecule has 0 fully saturated rings. The minimum Gasteiger partial charge on any atom is -0.497 e. The van der Waals surface area contributed by atoms with Gasteiger partial charge in [0.25, 0.3) is 11.6 Å². The minimum atomic E-state index is -0.805. The molecule has 0 aliphatic rings. The molecule has 0 atom stereocenters. The highest BCUT2D eigenvalue weighted by molar-refractivity contribution is 5.91. The Morgan fingerprint density at radius 1 is 1.16 bits per heavy atom. The van der Waals surface area contributed by atoms with Gasteiger partial charge in [-0.1, -0.05) is 18.2 Å². The average molecular weight is 344 g/mol. The molecule has 0 radical (unpaired) electrons. The molecular formula is C17H16N2O6. The molecule has 8 nitrogen and oxygen atoms in total. The van der Waals surface area contributed by atoms with E-state index in [0.29, 0.717) is 5.75 Å². The van der Waals surface area contributed by atoms with Crippen molar-refractivity contribution >= 4 is 17.6 Å². The number of benzene rings is 2. The van der Waals surface area contributed by atoms with Gasteiger partial charge in [0.05, 0.1) is 17.6 Å². The number of nitrogens with zero attached hydrogens (tertiary/aromatic N) is 1. The number of nitro benzene ring substituents is 1. The zero-order valence-electron chi connectivity index (χ0n) is 13.4. The lowest BCUT2D eigenvalue weighted by Gasteiger charge is -2.08. The summed E-state index contributed by atoms with van der Waals surface area (Å²) >= 11 is 0. The van der Waals surface area contributed by atoms with Crippen LogP contribution in [0, 0.1) is 10.1 Å². The van der Waals surface area contributed by atoms with E-state index < -0.39 is 23.4 Å². The van der Waals surface area contributed by atoms with Crippen LogP contribution in [0.15, 0.2) is 48.5 Å². The average Bonchev–Trinajstić information content (AvgIpc) is 2.64. The van der Waals surface area contributed by atoms with Crippen molar-refractivity contribution in [3.05, 3.63) is 69.8 Å². The van der Waals surface area contributed by atoms with Gasteiger partial charge in [-0.3, -0.25) is 14.9 Å². The summed E-state index contributed by atoms with van der Waals surface area (Å²) in [4.78, 5) is 33.7. The van der Waals surface area contributed by atoms with E-state index in [4.69, 9.17) is 9.47 Å². The first kappa shape index (κ1) is 17.9. The SMILES string of the molecule is COc1cccc(CNC(=O)COC(=O)c2cccc([N+](=O)[O-])c2)c1. The molecule has 0 bridgehead atoms. The van der Waals surface area contributed by atoms with Crippen molar-refractivity contribution < 1.29 is 24.0 Å². The van der Waals surface area contributed by atoms with Crippen LogP contribution >= 0.6 is 0 Å². The second-order valence-electron chi connectivity index (χ2n) is 5.01. The third kappa shape index (κ3) is 5.31. The fourth-order valence-corrected chi connectivity index (χ4v) is 1.99. The molecule has 2 aromatic carbocycles.